The van der Waals surface area contributed by atoms with Crippen molar-refractivity contribution in [1.29, 1.82) is 0 Å². The molecular formula is C22H22N4O. The number of aromatic amines is 1. The number of benzene rings is 2. The van der Waals surface area contributed by atoms with Crippen molar-refractivity contribution in [3.05, 3.63) is 66.6 Å². The maximum atomic E-state index is 12.8. The van der Waals surface area contributed by atoms with Gasteiger partial charge in [0, 0.05) is 30.5 Å². The molecule has 1 N–H and O–H groups in total. The van der Waals surface area contributed by atoms with E-state index in [1.54, 1.807) is 0 Å². The van der Waals surface area contributed by atoms with Gasteiger partial charge in [-0.15, -0.1) is 0 Å². The molecule has 1 amide bonds. The zero-order valence-electron chi connectivity index (χ0n) is 15.1. The van der Waals surface area contributed by atoms with Crippen LogP contribution in [0.15, 0.2) is 60.9 Å². The van der Waals surface area contributed by atoms with Gasteiger partial charge < -0.3 is 14.5 Å². The number of H-pyrrole nitrogens is 1. The van der Waals surface area contributed by atoms with E-state index in [0.29, 0.717) is 11.6 Å². The molecule has 1 aliphatic heterocycles. The molecule has 2 aromatic heterocycles. The lowest BCUT2D eigenvalue weighted by Gasteiger charge is -2.32. The van der Waals surface area contributed by atoms with Crippen molar-refractivity contribution in [2.24, 2.45) is 5.92 Å². The average Bonchev–Trinajstić information content (AvgIpc) is 3.32. The minimum absolute atomic E-state index is 0.109. The van der Waals surface area contributed by atoms with Gasteiger partial charge in [0.1, 0.15) is 5.69 Å². The van der Waals surface area contributed by atoms with Crippen molar-refractivity contribution in [2.45, 2.75) is 19.4 Å². The van der Waals surface area contributed by atoms with Crippen LogP contribution in [0, 0.1) is 5.92 Å². The van der Waals surface area contributed by atoms with Gasteiger partial charge in [0.2, 0.25) is 0 Å². The van der Waals surface area contributed by atoms with Gasteiger partial charge in [-0.2, -0.15) is 0 Å². The third-order valence-electron chi connectivity index (χ3n) is 5.64. The summed E-state index contributed by atoms with van der Waals surface area (Å²) in [4.78, 5) is 22.6. The van der Waals surface area contributed by atoms with Crippen LogP contribution >= 0.6 is 0 Å². The fourth-order valence-corrected chi connectivity index (χ4v) is 4.11. The zero-order chi connectivity index (χ0) is 18.2. The van der Waals surface area contributed by atoms with Gasteiger partial charge in [-0.3, -0.25) is 4.79 Å². The van der Waals surface area contributed by atoms with Gasteiger partial charge in [0.05, 0.1) is 17.4 Å². The second-order valence-electron chi connectivity index (χ2n) is 7.39. The fourth-order valence-electron chi connectivity index (χ4n) is 4.11. The van der Waals surface area contributed by atoms with Crippen molar-refractivity contribution in [3.8, 4) is 0 Å². The SMILES string of the molecule is O=C(c1cc2ccccc2[nH]1)N1CCC(Cn2cnc3ccccc32)CC1. The number of fused-ring (bicyclic) bond motifs is 2. The zero-order valence-corrected chi connectivity index (χ0v) is 15.1. The normalized spacial score (nSPS) is 15.6. The lowest BCUT2D eigenvalue weighted by Crippen LogP contribution is -2.39. The second kappa shape index (κ2) is 6.58. The van der Waals surface area contributed by atoms with E-state index in [4.69, 9.17) is 0 Å². The molecule has 1 aliphatic rings. The van der Waals surface area contributed by atoms with E-state index in [1.807, 2.05) is 53.7 Å². The number of amides is 1. The molecule has 5 nitrogen and oxygen atoms in total. The van der Waals surface area contributed by atoms with Gasteiger partial charge >= 0.3 is 0 Å². The van der Waals surface area contributed by atoms with Crippen LogP contribution in [0.1, 0.15) is 23.3 Å². The van der Waals surface area contributed by atoms with Crippen molar-refractivity contribution >= 4 is 27.8 Å². The molecule has 3 heterocycles. The van der Waals surface area contributed by atoms with Crippen LogP contribution in [0.3, 0.4) is 0 Å². The van der Waals surface area contributed by atoms with Crippen molar-refractivity contribution in [2.75, 3.05) is 13.1 Å². The number of piperidine rings is 1. The first-order valence-corrected chi connectivity index (χ1v) is 9.55. The smallest absolute Gasteiger partial charge is 0.270 e. The number of nitrogens with one attached hydrogen (secondary N) is 1. The molecule has 2 aromatic carbocycles. The van der Waals surface area contributed by atoms with Crippen LogP contribution in [-0.2, 0) is 6.54 Å². The van der Waals surface area contributed by atoms with Gasteiger partial charge in [-0.1, -0.05) is 30.3 Å². The second-order valence-corrected chi connectivity index (χ2v) is 7.39. The van der Waals surface area contributed by atoms with Gasteiger partial charge in [-0.25, -0.2) is 4.98 Å². The minimum Gasteiger partial charge on any atom is -0.351 e. The van der Waals surface area contributed by atoms with Crippen LogP contribution in [0.4, 0.5) is 0 Å². The number of likely N-dealkylation sites (tertiary alicyclic amines) is 1. The first kappa shape index (κ1) is 16.1. The molecule has 136 valence electrons. The molecule has 0 radical (unpaired) electrons. The van der Waals surface area contributed by atoms with E-state index in [1.165, 1.54) is 5.52 Å². The summed E-state index contributed by atoms with van der Waals surface area (Å²) in [5.74, 6) is 0.687. The molecule has 1 saturated heterocycles. The molecule has 0 spiro atoms. The molecule has 1 fully saturated rings. The average molecular weight is 358 g/mol. The number of nitrogens with zero attached hydrogens (tertiary/aromatic N) is 3. The number of imidazole rings is 1. The Hall–Kier alpha value is -3.08. The quantitative estimate of drug-likeness (QED) is 0.600. The molecule has 27 heavy (non-hydrogen) atoms. The van der Waals surface area contributed by atoms with E-state index in [-0.39, 0.29) is 5.91 Å². The third-order valence-corrected chi connectivity index (χ3v) is 5.64. The lowest BCUT2D eigenvalue weighted by molar-refractivity contribution is 0.0678. The topological polar surface area (TPSA) is 53.9 Å². The summed E-state index contributed by atoms with van der Waals surface area (Å²) < 4.78 is 2.25. The molecule has 0 saturated carbocycles. The van der Waals surface area contributed by atoms with Crippen LogP contribution in [0.25, 0.3) is 21.9 Å². The maximum absolute atomic E-state index is 12.8. The molecule has 5 heteroatoms. The van der Waals surface area contributed by atoms with Gasteiger partial charge in [0.25, 0.3) is 5.91 Å². The third kappa shape index (κ3) is 2.99. The Morgan fingerprint density at radius 1 is 1.07 bits per heavy atom. The van der Waals surface area contributed by atoms with Gasteiger partial charge in [0.15, 0.2) is 0 Å². The highest BCUT2D eigenvalue weighted by Gasteiger charge is 2.25. The first-order chi connectivity index (χ1) is 13.3. The first-order valence-electron chi connectivity index (χ1n) is 9.55. The van der Waals surface area contributed by atoms with Crippen LogP contribution in [0.5, 0.6) is 0 Å². The molecular weight excluding hydrogens is 336 g/mol. The monoisotopic (exact) mass is 358 g/mol. The Balaban J connectivity index is 1.25. The van der Waals surface area contributed by atoms with E-state index >= 15 is 0 Å². The highest BCUT2D eigenvalue weighted by molar-refractivity contribution is 5.98. The molecule has 4 aromatic rings. The Morgan fingerprint density at radius 3 is 2.70 bits per heavy atom. The highest BCUT2D eigenvalue weighted by Crippen LogP contribution is 2.24. The Labute approximate surface area is 157 Å². The summed E-state index contributed by atoms with van der Waals surface area (Å²) in [6.45, 7) is 2.59. The summed E-state index contributed by atoms with van der Waals surface area (Å²) in [7, 11) is 0. The summed E-state index contributed by atoms with van der Waals surface area (Å²) in [5, 5.41) is 1.09. The number of carbonyl (C=O) groups is 1. The van der Waals surface area contributed by atoms with Crippen LogP contribution < -0.4 is 0 Å². The summed E-state index contributed by atoms with van der Waals surface area (Å²) in [6, 6.07) is 18.2. The molecule has 0 unspecified atom stereocenters. The van der Waals surface area contributed by atoms with Crippen molar-refractivity contribution < 1.29 is 4.79 Å². The lowest BCUT2D eigenvalue weighted by atomic mass is 9.96. The van der Waals surface area contributed by atoms with Crippen molar-refractivity contribution in [1.82, 2.24) is 19.4 Å². The van der Waals surface area contributed by atoms with E-state index < -0.39 is 0 Å². The molecule has 5 rings (SSSR count). The predicted octanol–water partition coefficient (Wildman–Crippen LogP) is 4.07. The number of hydrogen-bond acceptors (Lipinski definition) is 2. The van der Waals surface area contributed by atoms with Crippen LogP contribution in [-0.4, -0.2) is 38.4 Å². The van der Waals surface area contributed by atoms with Crippen molar-refractivity contribution in [3.63, 3.8) is 0 Å². The Bertz CT molecular complexity index is 1070. The van der Waals surface area contributed by atoms with Crippen LogP contribution in [0.2, 0.25) is 0 Å². The fraction of sp³-hybridized carbons (Fsp3) is 0.273. The number of aromatic nitrogens is 3. The highest BCUT2D eigenvalue weighted by atomic mass is 16.2. The van der Waals surface area contributed by atoms with E-state index in [0.717, 1.165) is 48.9 Å². The number of rotatable bonds is 3. The molecule has 0 bridgehead atoms. The van der Waals surface area contributed by atoms with Gasteiger partial charge in [-0.05, 0) is 43.0 Å². The van der Waals surface area contributed by atoms with E-state index in [9.17, 15) is 4.79 Å². The summed E-state index contributed by atoms with van der Waals surface area (Å²) in [6.07, 6.45) is 3.99. The maximum Gasteiger partial charge on any atom is 0.270 e. The van der Waals surface area contributed by atoms with E-state index in [2.05, 4.69) is 26.7 Å². The molecule has 0 aliphatic carbocycles. The Kier molecular flexibility index (Phi) is 3.93. The largest absolute Gasteiger partial charge is 0.351 e. The molecule has 0 atom stereocenters. The summed E-state index contributed by atoms with van der Waals surface area (Å²) in [5.41, 5.74) is 3.94. The number of para-hydroxylation sites is 3. The number of hydrogen-bond donors (Lipinski definition) is 1. The standard InChI is InChI=1S/C22H22N4O/c27-22(20-13-17-5-1-2-6-18(17)24-20)25-11-9-16(10-12-25)14-26-15-23-19-7-3-4-8-21(19)26/h1-8,13,15-16,24H,9-12,14H2. The Morgan fingerprint density at radius 2 is 1.85 bits per heavy atom. The minimum atomic E-state index is 0.109. The number of carbonyl (C=O) groups excluding carboxylic acids is 1. The predicted molar refractivity (Wildman–Crippen MR) is 107 cm³/mol. The summed E-state index contributed by atoms with van der Waals surface area (Å²) >= 11 is 0.